The molecule has 1 aliphatic heterocycles. The van der Waals surface area contributed by atoms with Crippen LogP contribution >= 0.6 is 0 Å². The largest absolute Gasteiger partial charge is 0.392 e. The first-order valence-corrected chi connectivity index (χ1v) is 7.48. The Balaban J connectivity index is 1.75. The van der Waals surface area contributed by atoms with Crippen LogP contribution in [0.3, 0.4) is 0 Å². The second-order valence-corrected chi connectivity index (χ2v) is 6.06. The molecule has 2 amide bonds. The van der Waals surface area contributed by atoms with E-state index in [0.29, 0.717) is 6.04 Å². The Morgan fingerprint density at radius 1 is 1.16 bits per heavy atom. The molecule has 0 aromatic rings. The molecule has 2 N–H and O–H groups in total. The summed E-state index contributed by atoms with van der Waals surface area (Å²) in [6, 6.07) is 0.815. The number of aliphatic hydroxyl groups excluding tert-OH is 1. The molecule has 2 unspecified atom stereocenters. The van der Waals surface area contributed by atoms with Crippen LogP contribution in [0, 0.1) is 0 Å². The standard InChI is InChI=1S/C14H27N3O2/c1-16(2)14(19)17-9-7-11(8-10-17)15-12-5-3-4-6-13(12)18/h11-13,15,18H,3-10H2,1-2H3. The highest BCUT2D eigenvalue weighted by Gasteiger charge is 2.28. The Morgan fingerprint density at radius 3 is 2.37 bits per heavy atom. The summed E-state index contributed by atoms with van der Waals surface area (Å²) in [4.78, 5) is 15.4. The fourth-order valence-corrected chi connectivity index (χ4v) is 3.13. The number of nitrogens with one attached hydrogen (secondary N) is 1. The average Bonchev–Trinajstić information content (AvgIpc) is 2.41. The van der Waals surface area contributed by atoms with Gasteiger partial charge in [-0.2, -0.15) is 0 Å². The van der Waals surface area contributed by atoms with E-state index in [1.54, 1.807) is 19.0 Å². The van der Waals surface area contributed by atoms with E-state index in [0.717, 1.165) is 45.2 Å². The van der Waals surface area contributed by atoms with Gasteiger partial charge in [0.05, 0.1) is 6.10 Å². The summed E-state index contributed by atoms with van der Waals surface area (Å²) in [5, 5.41) is 13.6. The van der Waals surface area contributed by atoms with Crippen molar-refractivity contribution in [1.82, 2.24) is 15.1 Å². The predicted molar refractivity (Wildman–Crippen MR) is 75.1 cm³/mol. The normalized spacial score (nSPS) is 29.3. The lowest BCUT2D eigenvalue weighted by molar-refractivity contribution is 0.0771. The van der Waals surface area contributed by atoms with Gasteiger partial charge in [0.2, 0.25) is 0 Å². The van der Waals surface area contributed by atoms with E-state index < -0.39 is 0 Å². The summed E-state index contributed by atoms with van der Waals surface area (Å²) in [6.07, 6.45) is 6.16. The molecule has 0 aromatic carbocycles. The van der Waals surface area contributed by atoms with Crippen molar-refractivity contribution in [3.8, 4) is 0 Å². The topological polar surface area (TPSA) is 55.8 Å². The Labute approximate surface area is 115 Å². The molecule has 2 atom stereocenters. The molecule has 1 aliphatic carbocycles. The lowest BCUT2D eigenvalue weighted by atomic mass is 9.91. The summed E-state index contributed by atoms with van der Waals surface area (Å²) < 4.78 is 0. The Kier molecular flexibility index (Phi) is 5.05. The monoisotopic (exact) mass is 269 g/mol. The number of carbonyl (C=O) groups excluding carboxylic acids is 1. The van der Waals surface area contributed by atoms with Crippen molar-refractivity contribution < 1.29 is 9.90 Å². The maximum Gasteiger partial charge on any atom is 0.319 e. The molecular weight excluding hydrogens is 242 g/mol. The van der Waals surface area contributed by atoms with Gasteiger partial charge in [0.25, 0.3) is 0 Å². The number of carbonyl (C=O) groups is 1. The van der Waals surface area contributed by atoms with Gasteiger partial charge in [0, 0.05) is 39.3 Å². The van der Waals surface area contributed by atoms with Crippen molar-refractivity contribution in [3.63, 3.8) is 0 Å². The van der Waals surface area contributed by atoms with Crippen LogP contribution in [0.2, 0.25) is 0 Å². The molecule has 2 aliphatic rings. The van der Waals surface area contributed by atoms with Crippen molar-refractivity contribution in [2.45, 2.75) is 56.7 Å². The van der Waals surface area contributed by atoms with Crippen LogP contribution in [0.4, 0.5) is 4.79 Å². The van der Waals surface area contributed by atoms with Gasteiger partial charge in [0.1, 0.15) is 0 Å². The molecular formula is C14H27N3O2. The minimum atomic E-state index is -0.185. The van der Waals surface area contributed by atoms with Gasteiger partial charge in [-0.25, -0.2) is 4.79 Å². The molecule has 5 nitrogen and oxygen atoms in total. The van der Waals surface area contributed by atoms with Gasteiger partial charge in [-0.3, -0.25) is 0 Å². The number of amides is 2. The van der Waals surface area contributed by atoms with E-state index in [1.165, 1.54) is 6.42 Å². The summed E-state index contributed by atoms with van der Waals surface area (Å²) >= 11 is 0. The molecule has 2 fully saturated rings. The lowest BCUT2D eigenvalue weighted by Crippen LogP contribution is -2.52. The molecule has 1 saturated carbocycles. The van der Waals surface area contributed by atoms with Gasteiger partial charge in [-0.15, -0.1) is 0 Å². The Morgan fingerprint density at radius 2 is 1.79 bits per heavy atom. The van der Waals surface area contributed by atoms with Crippen LogP contribution in [-0.4, -0.2) is 66.3 Å². The van der Waals surface area contributed by atoms with E-state index in [4.69, 9.17) is 0 Å². The third kappa shape index (κ3) is 3.83. The van der Waals surface area contributed by atoms with E-state index in [1.807, 2.05) is 4.90 Å². The van der Waals surface area contributed by atoms with E-state index >= 15 is 0 Å². The maximum atomic E-state index is 11.8. The summed E-state index contributed by atoms with van der Waals surface area (Å²) in [5.41, 5.74) is 0. The van der Waals surface area contributed by atoms with Crippen LogP contribution in [0.1, 0.15) is 38.5 Å². The fourth-order valence-electron chi connectivity index (χ4n) is 3.13. The van der Waals surface area contributed by atoms with Crippen LogP contribution < -0.4 is 5.32 Å². The third-order valence-electron chi connectivity index (χ3n) is 4.33. The molecule has 110 valence electrons. The van der Waals surface area contributed by atoms with E-state index in [2.05, 4.69) is 5.32 Å². The van der Waals surface area contributed by atoms with Crippen molar-refractivity contribution in [2.75, 3.05) is 27.2 Å². The fraction of sp³-hybridized carbons (Fsp3) is 0.929. The first-order chi connectivity index (χ1) is 9.08. The predicted octanol–water partition coefficient (Wildman–Crippen LogP) is 1.03. The average molecular weight is 269 g/mol. The highest BCUT2D eigenvalue weighted by atomic mass is 16.3. The van der Waals surface area contributed by atoms with Crippen LogP contribution in [0.5, 0.6) is 0 Å². The van der Waals surface area contributed by atoms with Crippen LogP contribution in [-0.2, 0) is 0 Å². The number of nitrogens with zero attached hydrogens (tertiary/aromatic N) is 2. The Hall–Kier alpha value is -0.810. The zero-order valence-electron chi connectivity index (χ0n) is 12.1. The number of hydrogen-bond donors (Lipinski definition) is 2. The number of likely N-dealkylation sites (tertiary alicyclic amines) is 1. The summed E-state index contributed by atoms with van der Waals surface area (Å²) in [5.74, 6) is 0. The van der Waals surface area contributed by atoms with E-state index in [9.17, 15) is 9.90 Å². The number of hydrogen-bond acceptors (Lipinski definition) is 3. The minimum Gasteiger partial charge on any atom is -0.392 e. The lowest BCUT2D eigenvalue weighted by Gasteiger charge is -2.37. The Bertz CT molecular complexity index is 301. The van der Waals surface area contributed by atoms with Crippen LogP contribution in [0.25, 0.3) is 0 Å². The molecule has 0 spiro atoms. The van der Waals surface area contributed by atoms with Gasteiger partial charge < -0.3 is 20.2 Å². The highest BCUT2D eigenvalue weighted by molar-refractivity contribution is 5.73. The number of rotatable bonds is 2. The molecule has 2 rings (SSSR count). The number of aliphatic hydroxyl groups is 1. The quantitative estimate of drug-likeness (QED) is 0.787. The van der Waals surface area contributed by atoms with Gasteiger partial charge in [-0.1, -0.05) is 12.8 Å². The minimum absolute atomic E-state index is 0.108. The van der Waals surface area contributed by atoms with Gasteiger partial charge in [-0.05, 0) is 25.7 Å². The van der Waals surface area contributed by atoms with Gasteiger partial charge in [0.15, 0.2) is 0 Å². The highest BCUT2D eigenvalue weighted by Crippen LogP contribution is 2.21. The van der Waals surface area contributed by atoms with Crippen molar-refractivity contribution in [1.29, 1.82) is 0 Å². The zero-order chi connectivity index (χ0) is 13.8. The second kappa shape index (κ2) is 6.57. The van der Waals surface area contributed by atoms with Crippen molar-refractivity contribution in [2.24, 2.45) is 0 Å². The number of urea groups is 1. The first-order valence-electron chi connectivity index (χ1n) is 7.48. The number of piperidine rings is 1. The smallest absolute Gasteiger partial charge is 0.319 e. The summed E-state index contributed by atoms with van der Waals surface area (Å²) in [7, 11) is 3.59. The van der Waals surface area contributed by atoms with Crippen molar-refractivity contribution >= 4 is 6.03 Å². The van der Waals surface area contributed by atoms with E-state index in [-0.39, 0.29) is 18.2 Å². The molecule has 19 heavy (non-hydrogen) atoms. The van der Waals surface area contributed by atoms with Crippen LogP contribution in [0.15, 0.2) is 0 Å². The summed E-state index contributed by atoms with van der Waals surface area (Å²) in [6.45, 7) is 1.63. The third-order valence-corrected chi connectivity index (χ3v) is 4.33. The van der Waals surface area contributed by atoms with Gasteiger partial charge >= 0.3 is 6.03 Å². The first kappa shape index (κ1) is 14.6. The molecule has 1 saturated heterocycles. The molecule has 0 radical (unpaired) electrons. The molecule has 0 bridgehead atoms. The molecule has 0 aromatic heterocycles. The molecule has 1 heterocycles. The second-order valence-electron chi connectivity index (χ2n) is 6.06. The maximum absolute atomic E-state index is 11.8. The zero-order valence-corrected chi connectivity index (χ0v) is 12.1. The molecule has 5 heteroatoms. The SMILES string of the molecule is CN(C)C(=O)N1CCC(NC2CCCCC2O)CC1. The van der Waals surface area contributed by atoms with Crippen molar-refractivity contribution in [3.05, 3.63) is 0 Å².